The number of carbonyl (C=O) groups excluding carboxylic acids is 1. The minimum absolute atomic E-state index is 0. The van der Waals surface area contributed by atoms with Crippen LogP contribution in [0.2, 0.25) is 0 Å². The van der Waals surface area contributed by atoms with Crippen LogP contribution in [0.3, 0.4) is 0 Å². The SMILES string of the molecule is CC(O)(OCl)C(=O)[O-].[Na+]. The molecule has 0 aromatic carbocycles. The van der Waals surface area contributed by atoms with E-state index >= 15 is 0 Å². The third kappa shape index (κ3) is 4.13. The van der Waals surface area contributed by atoms with Gasteiger partial charge in [-0.05, 0) is 6.92 Å². The number of rotatable bonds is 2. The van der Waals surface area contributed by atoms with E-state index in [0.717, 1.165) is 6.92 Å². The van der Waals surface area contributed by atoms with Gasteiger partial charge in [0.25, 0.3) is 0 Å². The molecular weight excluding hydrogens is 158 g/mol. The van der Waals surface area contributed by atoms with Gasteiger partial charge in [-0.3, -0.25) is 0 Å². The monoisotopic (exact) mass is 162 g/mol. The Hall–Kier alpha value is 0.680. The molecule has 9 heavy (non-hydrogen) atoms. The first kappa shape index (κ1) is 12.4. The summed E-state index contributed by atoms with van der Waals surface area (Å²) in [6.07, 6.45) is 0. The minimum Gasteiger partial charge on any atom is -0.544 e. The first-order valence-electron chi connectivity index (χ1n) is 1.74. The summed E-state index contributed by atoms with van der Waals surface area (Å²) >= 11 is 4.52. The van der Waals surface area contributed by atoms with Crippen LogP contribution >= 0.6 is 11.9 Å². The molecule has 0 fully saturated rings. The molecule has 0 rings (SSSR count). The zero-order valence-electron chi connectivity index (χ0n) is 5.05. The summed E-state index contributed by atoms with van der Waals surface area (Å²) < 4.78 is 3.56. The Bertz CT molecular complexity index is 104. The molecule has 1 N–H and O–H groups in total. The van der Waals surface area contributed by atoms with Crippen LogP contribution in [0.25, 0.3) is 0 Å². The molecule has 1 atom stereocenters. The largest absolute Gasteiger partial charge is 1.00 e. The normalized spacial score (nSPS) is 15.4. The molecule has 0 aliphatic carbocycles. The van der Waals surface area contributed by atoms with Crippen LogP contribution in [-0.4, -0.2) is 16.9 Å². The van der Waals surface area contributed by atoms with Gasteiger partial charge in [0.1, 0.15) is 5.97 Å². The van der Waals surface area contributed by atoms with Gasteiger partial charge >= 0.3 is 29.6 Å². The standard InChI is InChI=1S/C3H5ClO4.Na/c1-3(7,8-4)2(5)6;/h7H,1H3,(H,5,6);/q;+1/p-1. The number of carboxylic acid groups (broad SMARTS) is 1. The van der Waals surface area contributed by atoms with Gasteiger partial charge in [-0.1, -0.05) is 0 Å². The molecule has 0 saturated carbocycles. The summed E-state index contributed by atoms with van der Waals surface area (Å²) in [4.78, 5) is 9.68. The van der Waals surface area contributed by atoms with Crippen LogP contribution in [0.15, 0.2) is 0 Å². The van der Waals surface area contributed by atoms with Gasteiger partial charge in [-0.25, -0.2) is 4.29 Å². The maximum absolute atomic E-state index is 9.68. The number of halogens is 1. The molecule has 4 nitrogen and oxygen atoms in total. The number of carbonyl (C=O) groups is 1. The average Bonchev–Trinajstić information content (AvgIpc) is 1.67. The van der Waals surface area contributed by atoms with Crippen LogP contribution in [0, 0.1) is 0 Å². The summed E-state index contributed by atoms with van der Waals surface area (Å²) in [6.45, 7) is 0.856. The molecule has 0 aliphatic heterocycles. The van der Waals surface area contributed by atoms with Crippen LogP contribution in [0.4, 0.5) is 0 Å². The fraction of sp³-hybridized carbons (Fsp3) is 0.667. The van der Waals surface area contributed by atoms with E-state index in [1.165, 1.54) is 0 Å². The van der Waals surface area contributed by atoms with Crippen molar-refractivity contribution >= 4 is 17.8 Å². The molecule has 0 heterocycles. The smallest absolute Gasteiger partial charge is 0.544 e. The van der Waals surface area contributed by atoms with Crippen molar-refractivity contribution in [3.63, 3.8) is 0 Å². The van der Waals surface area contributed by atoms with Gasteiger partial charge in [-0.15, -0.1) is 0 Å². The second-order valence-electron chi connectivity index (χ2n) is 1.35. The van der Waals surface area contributed by atoms with Crippen molar-refractivity contribution in [2.45, 2.75) is 12.7 Å². The minimum atomic E-state index is -2.39. The molecule has 48 valence electrons. The molecule has 0 bridgehead atoms. The van der Waals surface area contributed by atoms with Crippen LogP contribution in [-0.2, 0) is 9.08 Å². The Morgan fingerprint density at radius 2 is 2.22 bits per heavy atom. The fourth-order valence-corrected chi connectivity index (χ4v) is 0.0945. The van der Waals surface area contributed by atoms with Crippen molar-refractivity contribution in [2.24, 2.45) is 0 Å². The molecular formula is C3H4ClNaO4. The second kappa shape index (κ2) is 4.49. The van der Waals surface area contributed by atoms with Crippen molar-refractivity contribution in [3.8, 4) is 0 Å². The molecule has 1 unspecified atom stereocenters. The molecule has 0 saturated heterocycles. The zero-order chi connectivity index (χ0) is 6.78. The van der Waals surface area contributed by atoms with E-state index < -0.39 is 11.8 Å². The van der Waals surface area contributed by atoms with Crippen LogP contribution in [0.1, 0.15) is 6.92 Å². The Morgan fingerprint density at radius 3 is 2.22 bits per heavy atom. The summed E-state index contributed by atoms with van der Waals surface area (Å²) in [5, 5.41) is 18.1. The van der Waals surface area contributed by atoms with E-state index in [9.17, 15) is 9.90 Å². The molecule has 0 radical (unpaired) electrons. The third-order valence-electron chi connectivity index (χ3n) is 0.529. The van der Waals surface area contributed by atoms with Crippen molar-refractivity contribution in [1.82, 2.24) is 0 Å². The predicted octanol–water partition coefficient (Wildman–Crippen LogP) is -4.38. The topological polar surface area (TPSA) is 69.6 Å². The van der Waals surface area contributed by atoms with E-state index in [1.54, 1.807) is 0 Å². The number of aliphatic carboxylic acids is 1. The van der Waals surface area contributed by atoms with E-state index in [-0.39, 0.29) is 29.6 Å². The first-order valence-corrected chi connectivity index (χ1v) is 2.05. The maximum Gasteiger partial charge on any atom is 1.00 e. The molecule has 0 aromatic heterocycles. The van der Waals surface area contributed by atoms with Crippen LogP contribution < -0.4 is 34.7 Å². The second-order valence-corrected chi connectivity index (χ2v) is 1.50. The first-order chi connectivity index (χ1) is 3.50. The van der Waals surface area contributed by atoms with E-state index in [2.05, 4.69) is 16.2 Å². The average molecular weight is 163 g/mol. The van der Waals surface area contributed by atoms with Gasteiger partial charge in [0.05, 0.1) is 11.9 Å². The van der Waals surface area contributed by atoms with Gasteiger partial charge in [0, 0.05) is 0 Å². The number of hydrogen-bond donors (Lipinski definition) is 1. The van der Waals surface area contributed by atoms with Crippen molar-refractivity contribution in [2.75, 3.05) is 0 Å². The molecule has 0 amide bonds. The summed E-state index contributed by atoms with van der Waals surface area (Å²) in [6, 6.07) is 0. The summed E-state index contributed by atoms with van der Waals surface area (Å²) in [5.74, 6) is -4.16. The Kier molecular flexibility index (Phi) is 6.17. The Morgan fingerprint density at radius 1 is 1.89 bits per heavy atom. The molecule has 0 aliphatic rings. The number of carboxylic acids is 1. The predicted molar refractivity (Wildman–Crippen MR) is 22.6 cm³/mol. The van der Waals surface area contributed by atoms with Gasteiger partial charge in [0.15, 0.2) is 0 Å². The Balaban J connectivity index is 0. The van der Waals surface area contributed by atoms with Crippen molar-refractivity contribution in [1.29, 1.82) is 0 Å². The van der Waals surface area contributed by atoms with Crippen molar-refractivity contribution < 1.29 is 48.9 Å². The van der Waals surface area contributed by atoms with E-state index in [1.807, 2.05) is 0 Å². The van der Waals surface area contributed by atoms with Gasteiger partial charge < -0.3 is 15.0 Å². The summed E-state index contributed by atoms with van der Waals surface area (Å²) in [5.41, 5.74) is 0. The Labute approximate surface area is 79.2 Å². The molecule has 0 aromatic rings. The summed E-state index contributed by atoms with van der Waals surface area (Å²) in [7, 11) is 0. The van der Waals surface area contributed by atoms with Crippen molar-refractivity contribution in [3.05, 3.63) is 0 Å². The molecule has 6 heteroatoms. The zero-order valence-corrected chi connectivity index (χ0v) is 7.81. The maximum atomic E-state index is 9.68. The molecule has 0 spiro atoms. The number of aliphatic hydroxyl groups is 1. The van der Waals surface area contributed by atoms with E-state index in [4.69, 9.17) is 5.11 Å². The van der Waals surface area contributed by atoms with E-state index in [0.29, 0.717) is 0 Å². The van der Waals surface area contributed by atoms with Gasteiger partial charge in [0.2, 0.25) is 5.79 Å². The number of hydrogen-bond acceptors (Lipinski definition) is 4. The third-order valence-corrected chi connectivity index (χ3v) is 0.829. The quantitative estimate of drug-likeness (QED) is 0.329. The van der Waals surface area contributed by atoms with Gasteiger partial charge in [-0.2, -0.15) is 0 Å². The van der Waals surface area contributed by atoms with Crippen LogP contribution in [0.5, 0.6) is 0 Å². The fourth-order valence-electron chi connectivity index (χ4n) is 0.0315.